The molecule has 1 aromatic rings. The Morgan fingerprint density at radius 3 is 2.47 bits per heavy atom. The lowest BCUT2D eigenvalue weighted by Gasteiger charge is -2.12. The molecule has 0 amide bonds. The molecule has 1 heterocycles. The number of nitrogens with one attached hydrogen (secondary N) is 2. The van der Waals surface area contributed by atoms with Gasteiger partial charge < -0.3 is 15.7 Å². The molecule has 19 heavy (non-hydrogen) atoms. The summed E-state index contributed by atoms with van der Waals surface area (Å²) in [5.74, 6) is 1.99. The van der Waals surface area contributed by atoms with Crippen LogP contribution < -0.4 is 10.6 Å². The van der Waals surface area contributed by atoms with E-state index in [0.717, 1.165) is 48.5 Å². The Kier molecular flexibility index (Phi) is 7.74. The molecule has 0 aromatic carbocycles. The Morgan fingerprint density at radius 1 is 1.26 bits per heavy atom. The maximum atomic E-state index is 8.96. The van der Waals surface area contributed by atoms with Gasteiger partial charge in [0.25, 0.3) is 0 Å². The Hall–Kier alpha value is -0.880. The third kappa shape index (κ3) is 5.74. The Morgan fingerprint density at radius 2 is 1.89 bits per heavy atom. The zero-order valence-electron chi connectivity index (χ0n) is 11.6. The van der Waals surface area contributed by atoms with Crippen LogP contribution >= 0.6 is 15.9 Å². The van der Waals surface area contributed by atoms with E-state index in [-0.39, 0.29) is 6.61 Å². The average Bonchev–Trinajstić information content (AvgIpc) is 2.43. The number of nitrogens with zero attached hydrogens (tertiary/aromatic N) is 2. The lowest BCUT2D eigenvalue weighted by atomic mass is 10.1. The fourth-order valence-corrected chi connectivity index (χ4v) is 2.09. The van der Waals surface area contributed by atoms with Crippen LogP contribution in [-0.2, 0) is 0 Å². The molecule has 0 saturated carbocycles. The fourth-order valence-electron chi connectivity index (χ4n) is 1.61. The van der Waals surface area contributed by atoms with E-state index < -0.39 is 0 Å². The van der Waals surface area contributed by atoms with E-state index in [1.807, 2.05) is 6.92 Å². The second-order valence-corrected chi connectivity index (χ2v) is 5.46. The van der Waals surface area contributed by atoms with Gasteiger partial charge in [0.2, 0.25) is 0 Å². The van der Waals surface area contributed by atoms with Crippen LogP contribution in [0.15, 0.2) is 10.8 Å². The van der Waals surface area contributed by atoms with Gasteiger partial charge in [0.15, 0.2) is 0 Å². The first-order valence-corrected chi connectivity index (χ1v) is 7.57. The van der Waals surface area contributed by atoms with Gasteiger partial charge in [-0.1, -0.05) is 13.8 Å². The van der Waals surface area contributed by atoms with Gasteiger partial charge in [-0.3, -0.25) is 0 Å². The zero-order valence-corrected chi connectivity index (χ0v) is 13.2. The van der Waals surface area contributed by atoms with E-state index in [1.54, 1.807) is 6.33 Å². The molecule has 5 nitrogen and oxygen atoms in total. The van der Waals surface area contributed by atoms with Crippen molar-refractivity contribution in [3.05, 3.63) is 10.8 Å². The average molecular weight is 331 g/mol. The van der Waals surface area contributed by atoms with Crippen molar-refractivity contribution in [2.45, 2.75) is 33.1 Å². The molecule has 0 fully saturated rings. The Balaban J connectivity index is 2.45. The van der Waals surface area contributed by atoms with Crippen LogP contribution in [0.4, 0.5) is 11.6 Å². The highest BCUT2D eigenvalue weighted by Gasteiger charge is 2.07. The van der Waals surface area contributed by atoms with E-state index in [0.29, 0.717) is 5.92 Å². The van der Waals surface area contributed by atoms with Gasteiger partial charge in [-0.2, -0.15) is 0 Å². The molecule has 108 valence electrons. The van der Waals surface area contributed by atoms with E-state index in [1.165, 1.54) is 0 Å². The highest BCUT2D eigenvalue weighted by atomic mass is 79.9. The SMILES string of the molecule is CCCNc1ncnc(NCCCC(C)CO)c1Br. The zero-order chi connectivity index (χ0) is 14.1. The minimum absolute atomic E-state index is 0.252. The summed E-state index contributed by atoms with van der Waals surface area (Å²) in [7, 11) is 0. The second-order valence-electron chi connectivity index (χ2n) is 4.67. The summed E-state index contributed by atoms with van der Waals surface area (Å²) in [6.07, 6.45) is 4.63. The predicted octanol–water partition coefficient (Wildman–Crippen LogP) is 2.88. The Bertz CT molecular complexity index is 376. The molecular formula is C13H23BrN4O. The summed E-state index contributed by atoms with van der Waals surface area (Å²) >= 11 is 3.52. The van der Waals surface area contributed by atoms with Gasteiger partial charge in [0.1, 0.15) is 22.4 Å². The molecule has 3 N–H and O–H groups in total. The lowest BCUT2D eigenvalue weighted by molar-refractivity contribution is 0.229. The van der Waals surface area contributed by atoms with Crippen molar-refractivity contribution in [3.63, 3.8) is 0 Å². The number of anilines is 2. The fraction of sp³-hybridized carbons (Fsp3) is 0.692. The van der Waals surface area contributed by atoms with Crippen LogP contribution in [-0.4, -0.2) is 34.8 Å². The van der Waals surface area contributed by atoms with Crippen molar-refractivity contribution in [1.82, 2.24) is 9.97 Å². The molecule has 0 aliphatic rings. The van der Waals surface area contributed by atoms with E-state index in [9.17, 15) is 0 Å². The van der Waals surface area contributed by atoms with Crippen LogP contribution in [0.25, 0.3) is 0 Å². The van der Waals surface area contributed by atoms with Gasteiger partial charge in [0, 0.05) is 19.7 Å². The minimum atomic E-state index is 0.252. The number of hydrogen-bond donors (Lipinski definition) is 3. The van der Waals surface area contributed by atoms with Gasteiger partial charge in [-0.25, -0.2) is 9.97 Å². The highest BCUT2D eigenvalue weighted by Crippen LogP contribution is 2.26. The second kappa shape index (κ2) is 9.09. The quantitative estimate of drug-likeness (QED) is 0.607. The molecule has 1 atom stereocenters. The summed E-state index contributed by atoms with van der Waals surface area (Å²) in [4.78, 5) is 8.43. The molecule has 0 aliphatic carbocycles. The normalized spacial score (nSPS) is 12.2. The van der Waals surface area contributed by atoms with Crippen molar-refractivity contribution in [3.8, 4) is 0 Å². The van der Waals surface area contributed by atoms with E-state index >= 15 is 0 Å². The highest BCUT2D eigenvalue weighted by molar-refractivity contribution is 9.10. The summed E-state index contributed by atoms with van der Waals surface area (Å²) in [6, 6.07) is 0. The van der Waals surface area contributed by atoms with Gasteiger partial charge in [0.05, 0.1) is 0 Å². The van der Waals surface area contributed by atoms with Gasteiger partial charge in [-0.05, 0) is 41.1 Å². The van der Waals surface area contributed by atoms with Crippen molar-refractivity contribution in [1.29, 1.82) is 0 Å². The van der Waals surface area contributed by atoms with Crippen LogP contribution in [0, 0.1) is 5.92 Å². The number of halogens is 1. The number of aromatic nitrogens is 2. The van der Waals surface area contributed by atoms with Gasteiger partial charge in [-0.15, -0.1) is 0 Å². The van der Waals surface area contributed by atoms with Crippen LogP contribution in [0.5, 0.6) is 0 Å². The summed E-state index contributed by atoms with van der Waals surface area (Å²) < 4.78 is 0.874. The molecule has 6 heteroatoms. The molecule has 1 unspecified atom stereocenters. The topological polar surface area (TPSA) is 70.1 Å². The predicted molar refractivity (Wildman–Crippen MR) is 82.5 cm³/mol. The molecule has 1 rings (SSSR count). The lowest BCUT2D eigenvalue weighted by Crippen LogP contribution is -2.10. The number of rotatable bonds is 9. The minimum Gasteiger partial charge on any atom is -0.396 e. The number of aliphatic hydroxyl groups is 1. The molecule has 0 spiro atoms. The maximum absolute atomic E-state index is 8.96. The summed E-state index contributed by atoms with van der Waals surface area (Å²) in [5, 5.41) is 15.5. The number of aliphatic hydroxyl groups excluding tert-OH is 1. The monoisotopic (exact) mass is 330 g/mol. The molecule has 0 aliphatic heterocycles. The first-order valence-electron chi connectivity index (χ1n) is 6.78. The third-order valence-electron chi connectivity index (χ3n) is 2.81. The third-order valence-corrected chi connectivity index (χ3v) is 3.56. The largest absolute Gasteiger partial charge is 0.396 e. The molecule has 0 saturated heterocycles. The molecule has 0 bridgehead atoms. The van der Waals surface area contributed by atoms with Crippen LogP contribution in [0.2, 0.25) is 0 Å². The smallest absolute Gasteiger partial charge is 0.145 e. The standard InChI is InChI=1S/C13H23BrN4O/c1-3-6-15-12-11(14)13(18-9-17-12)16-7-4-5-10(2)8-19/h9-10,19H,3-8H2,1-2H3,(H2,15,16,17,18). The van der Waals surface area contributed by atoms with Crippen LogP contribution in [0.1, 0.15) is 33.1 Å². The van der Waals surface area contributed by atoms with Crippen LogP contribution in [0.3, 0.4) is 0 Å². The van der Waals surface area contributed by atoms with E-state index in [4.69, 9.17) is 5.11 Å². The van der Waals surface area contributed by atoms with E-state index in [2.05, 4.69) is 43.5 Å². The first-order chi connectivity index (χ1) is 9.19. The first kappa shape index (κ1) is 16.2. The molecular weight excluding hydrogens is 308 g/mol. The van der Waals surface area contributed by atoms with Crippen molar-refractivity contribution < 1.29 is 5.11 Å². The summed E-state index contributed by atoms with van der Waals surface area (Å²) in [5.41, 5.74) is 0. The maximum Gasteiger partial charge on any atom is 0.145 e. The van der Waals surface area contributed by atoms with Crippen molar-refractivity contribution >= 4 is 27.6 Å². The molecule has 0 radical (unpaired) electrons. The number of hydrogen-bond acceptors (Lipinski definition) is 5. The van der Waals surface area contributed by atoms with Crippen molar-refractivity contribution in [2.24, 2.45) is 5.92 Å². The Labute approximate surface area is 123 Å². The molecule has 1 aromatic heterocycles. The summed E-state index contributed by atoms with van der Waals surface area (Å²) in [6.45, 7) is 6.15. The van der Waals surface area contributed by atoms with Gasteiger partial charge >= 0.3 is 0 Å². The van der Waals surface area contributed by atoms with Crippen molar-refractivity contribution in [2.75, 3.05) is 30.3 Å².